The second-order valence-electron chi connectivity index (χ2n) is 3.62. The molecule has 0 fully saturated rings. The minimum absolute atomic E-state index is 0.328. The van der Waals surface area contributed by atoms with E-state index in [2.05, 4.69) is 32.8 Å². The van der Waals surface area contributed by atoms with Crippen LogP contribution in [0.5, 0.6) is 0 Å². The molecule has 0 amide bonds. The van der Waals surface area contributed by atoms with Crippen molar-refractivity contribution in [3.05, 3.63) is 0 Å². The number of hydrogen-bond donors (Lipinski definition) is 1. The number of rotatable bonds is 5. The lowest BCUT2D eigenvalue weighted by atomic mass is 10.0. The molecule has 0 bridgehead atoms. The van der Waals surface area contributed by atoms with E-state index in [0.717, 1.165) is 6.42 Å². The van der Waals surface area contributed by atoms with Crippen molar-refractivity contribution in [2.24, 2.45) is 5.73 Å². The molecule has 68 valence electrons. The van der Waals surface area contributed by atoms with E-state index in [-0.39, 0.29) is 0 Å². The molecule has 2 heteroatoms. The van der Waals surface area contributed by atoms with E-state index >= 15 is 0 Å². The highest BCUT2D eigenvalue weighted by molar-refractivity contribution is 4.70. The van der Waals surface area contributed by atoms with Crippen LogP contribution in [0.15, 0.2) is 0 Å². The molecule has 0 aromatic heterocycles. The van der Waals surface area contributed by atoms with Gasteiger partial charge in [0, 0.05) is 12.1 Å². The number of hydrogen-bond acceptors (Lipinski definition) is 2. The lowest BCUT2D eigenvalue weighted by molar-refractivity contribution is 0.252. The Morgan fingerprint density at radius 1 is 1.36 bits per heavy atom. The third-order valence-electron chi connectivity index (χ3n) is 2.00. The molecule has 2 unspecified atom stereocenters. The molecule has 0 heterocycles. The molecule has 11 heavy (non-hydrogen) atoms. The van der Waals surface area contributed by atoms with Crippen LogP contribution in [0.4, 0.5) is 0 Å². The molecule has 0 rings (SSSR count). The molecule has 0 aliphatic heterocycles. The first-order chi connectivity index (χ1) is 5.07. The van der Waals surface area contributed by atoms with E-state index in [1.807, 2.05) is 0 Å². The lowest BCUT2D eigenvalue weighted by Crippen LogP contribution is -2.33. The van der Waals surface area contributed by atoms with Crippen LogP contribution in [0.25, 0.3) is 0 Å². The molecule has 0 aliphatic carbocycles. The molecule has 0 saturated carbocycles. The Morgan fingerprint density at radius 3 is 2.18 bits per heavy atom. The highest BCUT2D eigenvalue weighted by Crippen LogP contribution is 2.08. The predicted molar refractivity (Wildman–Crippen MR) is 50.6 cm³/mol. The number of nitrogens with two attached hydrogens (primary N) is 1. The zero-order valence-electron chi connectivity index (χ0n) is 8.30. The van der Waals surface area contributed by atoms with Gasteiger partial charge in [-0.25, -0.2) is 0 Å². The van der Waals surface area contributed by atoms with Gasteiger partial charge in [0.15, 0.2) is 0 Å². The van der Waals surface area contributed by atoms with Gasteiger partial charge >= 0.3 is 0 Å². The molecule has 0 aromatic rings. The standard InChI is InChI=1S/C9H22N2/c1-5-6-9(11(3)4)7-8(2)10/h8-9H,5-7,10H2,1-4H3. The fourth-order valence-corrected chi connectivity index (χ4v) is 1.35. The van der Waals surface area contributed by atoms with Crippen LogP contribution in [0, 0.1) is 0 Å². The summed E-state index contributed by atoms with van der Waals surface area (Å²) in [5, 5.41) is 0. The second kappa shape index (κ2) is 5.56. The Morgan fingerprint density at radius 2 is 1.91 bits per heavy atom. The van der Waals surface area contributed by atoms with Crippen LogP contribution < -0.4 is 5.73 Å². The fraction of sp³-hybridized carbons (Fsp3) is 1.00. The molecule has 0 aliphatic rings. The van der Waals surface area contributed by atoms with Crippen molar-refractivity contribution in [3.8, 4) is 0 Å². The van der Waals surface area contributed by atoms with Gasteiger partial charge in [-0.2, -0.15) is 0 Å². The Bertz CT molecular complexity index is 89.6. The first-order valence-corrected chi connectivity index (χ1v) is 4.50. The quantitative estimate of drug-likeness (QED) is 0.656. The number of nitrogens with zero attached hydrogens (tertiary/aromatic N) is 1. The second-order valence-corrected chi connectivity index (χ2v) is 3.62. The van der Waals surface area contributed by atoms with Gasteiger partial charge in [0.2, 0.25) is 0 Å². The van der Waals surface area contributed by atoms with Crippen LogP contribution in [0.1, 0.15) is 33.1 Å². The van der Waals surface area contributed by atoms with E-state index in [9.17, 15) is 0 Å². The van der Waals surface area contributed by atoms with Gasteiger partial charge in [0.05, 0.1) is 0 Å². The summed E-state index contributed by atoms with van der Waals surface area (Å²) in [7, 11) is 4.26. The van der Waals surface area contributed by atoms with Crippen LogP contribution >= 0.6 is 0 Å². The first-order valence-electron chi connectivity index (χ1n) is 4.50. The molecule has 0 saturated heterocycles. The largest absolute Gasteiger partial charge is 0.328 e. The Hall–Kier alpha value is -0.0800. The highest BCUT2D eigenvalue weighted by Gasteiger charge is 2.11. The minimum atomic E-state index is 0.328. The van der Waals surface area contributed by atoms with Crippen molar-refractivity contribution in [3.63, 3.8) is 0 Å². The van der Waals surface area contributed by atoms with Gasteiger partial charge in [-0.15, -0.1) is 0 Å². The van der Waals surface area contributed by atoms with E-state index in [1.165, 1.54) is 12.8 Å². The predicted octanol–water partition coefficient (Wildman–Crippen LogP) is 1.45. The minimum Gasteiger partial charge on any atom is -0.328 e. The molecule has 2 atom stereocenters. The highest BCUT2D eigenvalue weighted by atomic mass is 15.1. The van der Waals surface area contributed by atoms with E-state index in [1.54, 1.807) is 0 Å². The van der Waals surface area contributed by atoms with Crippen LogP contribution in [0.3, 0.4) is 0 Å². The molecular weight excluding hydrogens is 136 g/mol. The first kappa shape index (κ1) is 10.9. The van der Waals surface area contributed by atoms with Crippen molar-refractivity contribution in [2.75, 3.05) is 14.1 Å². The summed E-state index contributed by atoms with van der Waals surface area (Å²) in [5.74, 6) is 0. The van der Waals surface area contributed by atoms with Crippen molar-refractivity contribution in [1.29, 1.82) is 0 Å². The van der Waals surface area contributed by atoms with Crippen molar-refractivity contribution in [1.82, 2.24) is 4.90 Å². The molecular formula is C9H22N2. The maximum Gasteiger partial charge on any atom is 0.0104 e. The zero-order valence-corrected chi connectivity index (χ0v) is 8.30. The van der Waals surface area contributed by atoms with Gasteiger partial charge in [-0.3, -0.25) is 0 Å². The summed E-state index contributed by atoms with van der Waals surface area (Å²) in [6, 6.07) is 0.994. The monoisotopic (exact) mass is 158 g/mol. The SMILES string of the molecule is CCCC(CC(C)N)N(C)C. The summed E-state index contributed by atoms with van der Waals surface area (Å²) in [6.07, 6.45) is 3.62. The maximum atomic E-state index is 5.73. The molecule has 2 nitrogen and oxygen atoms in total. The summed E-state index contributed by atoms with van der Waals surface area (Å²) < 4.78 is 0. The van der Waals surface area contributed by atoms with Gasteiger partial charge in [0.25, 0.3) is 0 Å². The normalized spacial score (nSPS) is 16.9. The zero-order chi connectivity index (χ0) is 8.85. The van der Waals surface area contributed by atoms with Gasteiger partial charge in [-0.1, -0.05) is 13.3 Å². The summed E-state index contributed by atoms with van der Waals surface area (Å²) in [5.41, 5.74) is 5.73. The van der Waals surface area contributed by atoms with E-state index in [0.29, 0.717) is 12.1 Å². The summed E-state index contributed by atoms with van der Waals surface area (Å²) >= 11 is 0. The third-order valence-corrected chi connectivity index (χ3v) is 2.00. The van der Waals surface area contributed by atoms with Crippen LogP contribution in [-0.4, -0.2) is 31.1 Å². The van der Waals surface area contributed by atoms with E-state index < -0.39 is 0 Å². The van der Waals surface area contributed by atoms with Crippen LogP contribution in [0.2, 0.25) is 0 Å². The third kappa shape index (κ3) is 5.22. The van der Waals surface area contributed by atoms with Gasteiger partial charge in [0.1, 0.15) is 0 Å². The maximum absolute atomic E-state index is 5.73. The van der Waals surface area contributed by atoms with Gasteiger partial charge < -0.3 is 10.6 Å². The van der Waals surface area contributed by atoms with E-state index in [4.69, 9.17) is 5.73 Å². The Kier molecular flexibility index (Phi) is 5.51. The summed E-state index contributed by atoms with van der Waals surface area (Å²) in [4.78, 5) is 2.27. The van der Waals surface area contributed by atoms with Crippen molar-refractivity contribution < 1.29 is 0 Å². The van der Waals surface area contributed by atoms with Crippen LogP contribution in [-0.2, 0) is 0 Å². The summed E-state index contributed by atoms with van der Waals surface area (Å²) in [6.45, 7) is 4.30. The van der Waals surface area contributed by atoms with Gasteiger partial charge in [-0.05, 0) is 33.9 Å². The molecule has 0 spiro atoms. The molecule has 0 aromatic carbocycles. The average molecular weight is 158 g/mol. The Labute approximate surface area is 70.8 Å². The molecule has 2 N–H and O–H groups in total. The Balaban J connectivity index is 3.69. The molecule has 0 radical (unpaired) electrons. The topological polar surface area (TPSA) is 29.3 Å². The lowest BCUT2D eigenvalue weighted by Gasteiger charge is -2.25. The average Bonchev–Trinajstić information content (AvgIpc) is 1.86. The van der Waals surface area contributed by atoms with Crippen molar-refractivity contribution >= 4 is 0 Å². The smallest absolute Gasteiger partial charge is 0.0104 e. The van der Waals surface area contributed by atoms with Crippen molar-refractivity contribution in [2.45, 2.75) is 45.2 Å². The fourth-order valence-electron chi connectivity index (χ4n) is 1.35.